The average molecular weight is 446 g/mol. The van der Waals surface area contributed by atoms with Gasteiger partial charge in [-0.2, -0.15) is 0 Å². The van der Waals surface area contributed by atoms with Crippen LogP contribution in [-0.2, 0) is 9.59 Å². The lowest BCUT2D eigenvalue weighted by Crippen LogP contribution is -2.45. The van der Waals surface area contributed by atoms with E-state index in [9.17, 15) is 9.59 Å². The van der Waals surface area contributed by atoms with Crippen LogP contribution in [-0.4, -0.2) is 25.7 Å². The van der Waals surface area contributed by atoms with E-state index in [1.54, 1.807) is 5.57 Å². The van der Waals surface area contributed by atoms with Crippen molar-refractivity contribution >= 4 is 17.3 Å². The van der Waals surface area contributed by atoms with Crippen LogP contribution >= 0.6 is 0 Å². The standard InChI is InChI=1S/C30H39NO2/c1-6-19-16-27-25-13-9-21-15-23(33)12-14-24(21)28(25)26(17-30(27,3)29(19)18(2)32)20-7-10-22(11-8-20)31(4)5/h7-8,10-11,15,19,25-27,29H,6,9,12-14,16-17H2,1-5H3/t19-,25?,26?,27?,29?,30+/m1/s1. The molecule has 2 fully saturated rings. The minimum absolute atomic E-state index is 0.0534. The van der Waals surface area contributed by atoms with Crippen molar-refractivity contribution in [3.63, 3.8) is 0 Å². The van der Waals surface area contributed by atoms with Gasteiger partial charge in [0, 0.05) is 38.0 Å². The highest BCUT2D eigenvalue weighted by molar-refractivity contribution is 5.93. The van der Waals surface area contributed by atoms with E-state index in [1.165, 1.54) is 28.8 Å². The molecule has 3 heteroatoms. The second-order valence-corrected chi connectivity index (χ2v) is 11.6. The summed E-state index contributed by atoms with van der Waals surface area (Å²) >= 11 is 0. The van der Waals surface area contributed by atoms with E-state index in [-0.39, 0.29) is 11.3 Å². The number of nitrogens with zero attached hydrogens (tertiary/aromatic N) is 1. The van der Waals surface area contributed by atoms with Gasteiger partial charge in [0.15, 0.2) is 5.78 Å². The minimum atomic E-state index is 0.0534. The normalized spacial score (nSPS) is 35.5. The lowest BCUT2D eigenvalue weighted by atomic mass is 9.51. The molecule has 6 atom stereocenters. The first kappa shape index (κ1) is 22.6. The molecule has 4 aliphatic carbocycles. The number of ketones is 2. The van der Waals surface area contributed by atoms with Gasteiger partial charge in [0.05, 0.1) is 0 Å². The van der Waals surface area contributed by atoms with E-state index in [0.717, 1.165) is 32.1 Å². The number of Topliss-reactive ketones (excluding diaryl/α,β-unsaturated/α-hetero) is 1. The topological polar surface area (TPSA) is 37.4 Å². The second kappa shape index (κ2) is 8.25. The van der Waals surface area contributed by atoms with Crippen molar-refractivity contribution in [2.45, 2.75) is 71.6 Å². The zero-order valence-electron chi connectivity index (χ0n) is 21.0. The number of allylic oxidation sites excluding steroid dienone is 4. The zero-order chi connectivity index (χ0) is 23.5. The maximum Gasteiger partial charge on any atom is 0.156 e. The van der Waals surface area contributed by atoms with Crippen LogP contribution in [0.1, 0.15) is 77.2 Å². The lowest BCUT2D eigenvalue weighted by molar-refractivity contribution is -0.126. The Balaban J connectivity index is 1.66. The number of hydrogen-bond donors (Lipinski definition) is 0. The fourth-order valence-corrected chi connectivity index (χ4v) is 8.35. The van der Waals surface area contributed by atoms with Crippen LogP contribution in [0.15, 0.2) is 47.1 Å². The first-order chi connectivity index (χ1) is 15.7. The molecule has 0 bridgehead atoms. The highest BCUT2D eigenvalue weighted by Crippen LogP contribution is 2.67. The molecule has 33 heavy (non-hydrogen) atoms. The average Bonchev–Trinajstić information content (AvgIpc) is 3.10. The first-order valence-electron chi connectivity index (χ1n) is 13.0. The van der Waals surface area contributed by atoms with Crippen LogP contribution in [0.3, 0.4) is 0 Å². The molecule has 0 spiro atoms. The van der Waals surface area contributed by atoms with Crippen molar-refractivity contribution in [3.8, 4) is 0 Å². The van der Waals surface area contributed by atoms with Crippen LogP contribution in [0.5, 0.6) is 0 Å². The van der Waals surface area contributed by atoms with Crippen molar-refractivity contribution < 1.29 is 9.59 Å². The summed E-state index contributed by atoms with van der Waals surface area (Å²) < 4.78 is 0. The fourth-order valence-electron chi connectivity index (χ4n) is 8.35. The number of anilines is 1. The number of rotatable bonds is 4. The third-order valence-electron chi connectivity index (χ3n) is 9.68. The summed E-state index contributed by atoms with van der Waals surface area (Å²) in [5.74, 6) is 2.83. The monoisotopic (exact) mass is 445 g/mol. The summed E-state index contributed by atoms with van der Waals surface area (Å²) in [6.45, 7) is 6.55. The molecule has 2 saturated carbocycles. The maximum atomic E-state index is 13.0. The van der Waals surface area contributed by atoms with Crippen molar-refractivity contribution in [2.75, 3.05) is 19.0 Å². The van der Waals surface area contributed by atoms with Gasteiger partial charge in [-0.25, -0.2) is 0 Å². The molecule has 1 aromatic rings. The first-order valence-corrected chi connectivity index (χ1v) is 13.0. The highest BCUT2D eigenvalue weighted by Gasteiger charge is 2.60. The Labute approximate surface area is 199 Å². The maximum absolute atomic E-state index is 13.0. The van der Waals surface area contributed by atoms with Crippen LogP contribution in [0.25, 0.3) is 0 Å². The van der Waals surface area contributed by atoms with Gasteiger partial charge in [-0.05, 0) is 97.1 Å². The largest absolute Gasteiger partial charge is 0.378 e. The molecule has 4 unspecified atom stereocenters. The Morgan fingerprint density at radius 1 is 1.12 bits per heavy atom. The van der Waals surface area contributed by atoms with Crippen LogP contribution in [0.2, 0.25) is 0 Å². The van der Waals surface area contributed by atoms with Gasteiger partial charge in [0.2, 0.25) is 0 Å². The molecule has 3 nitrogen and oxygen atoms in total. The zero-order valence-corrected chi connectivity index (χ0v) is 21.0. The summed E-state index contributed by atoms with van der Waals surface area (Å²) in [6, 6.07) is 9.10. The molecule has 0 aromatic heterocycles. The molecule has 5 rings (SSSR count). The van der Waals surface area contributed by atoms with E-state index < -0.39 is 0 Å². The summed E-state index contributed by atoms with van der Waals surface area (Å²) in [7, 11) is 4.17. The third-order valence-corrected chi connectivity index (χ3v) is 9.68. The fraction of sp³-hybridized carbons (Fsp3) is 0.600. The van der Waals surface area contributed by atoms with E-state index in [4.69, 9.17) is 0 Å². The lowest BCUT2D eigenvalue weighted by Gasteiger charge is -2.52. The second-order valence-electron chi connectivity index (χ2n) is 11.6. The van der Waals surface area contributed by atoms with Crippen LogP contribution < -0.4 is 4.90 Å². The number of carbonyl (C=O) groups excluding carboxylic acids is 2. The Morgan fingerprint density at radius 3 is 2.48 bits per heavy atom. The Kier molecular flexibility index (Phi) is 5.66. The molecule has 0 saturated heterocycles. The molecule has 0 heterocycles. The SMILES string of the molecule is CC[C@@H]1CC2C3CCC4=CC(=O)CCC4=C3C(c3ccc(N(C)C)cc3)C[C@]2(C)C1C(C)=O. The Hall–Kier alpha value is -2.16. The number of hydrogen-bond acceptors (Lipinski definition) is 3. The van der Waals surface area contributed by atoms with Crippen molar-refractivity contribution in [1.82, 2.24) is 0 Å². The molecular formula is C30H39NO2. The van der Waals surface area contributed by atoms with Gasteiger partial charge in [0.25, 0.3) is 0 Å². The van der Waals surface area contributed by atoms with Gasteiger partial charge in [0.1, 0.15) is 5.78 Å². The molecule has 0 N–H and O–H groups in total. The number of carbonyl (C=O) groups is 2. The molecular weight excluding hydrogens is 406 g/mol. The summed E-state index contributed by atoms with van der Waals surface area (Å²) in [5, 5.41) is 0. The molecule has 176 valence electrons. The molecule has 0 aliphatic heterocycles. The molecule has 1 aromatic carbocycles. The van der Waals surface area contributed by atoms with E-state index >= 15 is 0 Å². The van der Waals surface area contributed by atoms with Gasteiger partial charge < -0.3 is 4.90 Å². The molecule has 0 amide bonds. The minimum Gasteiger partial charge on any atom is -0.378 e. The molecule has 4 aliphatic rings. The van der Waals surface area contributed by atoms with Gasteiger partial charge >= 0.3 is 0 Å². The van der Waals surface area contributed by atoms with Crippen molar-refractivity contribution in [1.29, 1.82) is 0 Å². The quantitative estimate of drug-likeness (QED) is 0.531. The van der Waals surface area contributed by atoms with E-state index in [1.807, 2.05) is 13.0 Å². The molecule has 0 radical (unpaired) electrons. The predicted molar refractivity (Wildman–Crippen MR) is 134 cm³/mol. The Morgan fingerprint density at radius 2 is 1.85 bits per heavy atom. The highest BCUT2D eigenvalue weighted by atomic mass is 16.1. The summed E-state index contributed by atoms with van der Waals surface area (Å²) in [6.07, 6.45) is 8.98. The van der Waals surface area contributed by atoms with Gasteiger partial charge in [-0.1, -0.05) is 38.0 Å². The van der Waals surface area contributed by atoms with E-state index in [0.29, 0.717) is 41.7 Å². The summed E-state index contributed by atoms with van der Waals surface area (Å²) in [5.41, 5.74) is 7.08. The van der Waals surface area contributed by atoms with Gasteiger partial charge in [-0.15, -0.1) is 0 Å². The predicted octanol–water partition coefficient (Wildman–Crippen LogP) is 6.49. The van der Waals surface area contributed by atoms with Gasteiger partial charge in [-0.3, -0.25) is 9.59 Å². The Bertz CT molecular complexity index is 1030. The van der Waals surface area contributed by atoms with Crippen molar-refractivity contribution in [2.24, 2.45) is 29.1 Å². The van der Waals surface area contributed by atoms with Crippen LogP contribution in [0, 0.1) is 29.1 Å². The number of benzene rings is 1. The smallest absolute Gasteiger partial charge is 0.156 e. The van der Waals surface area contributed by atoms with E-state index in [2.05, 4.69) is 57.1 Å². The van der Waals surface area contributed by atoms with Crippen molar-refractivity contribution in [3.05, 3.63) is 52.6 Å². The van der Waals surface area contributed by atoms with Crippen LogP contribution in [0.4, 0.5) is 5.69 Å². The summed E-state index contributed by atoms with van der Waals surface area (Å²) in [4.78, 5) is 27.4. The number of fused-ring (bicyclic) bond motifs is 4. The third kappa shape index (κ3) is 3.54.